The number of nitrogens with zero attached hydrogens (tertiary/aromatic N) is 1. The molecule has 0 saturated heterocycles. The molecule has 0 spiro atoms. The van der Waals surface area contributed by atoms with Gasteiger partial charge < -0.3 is 4.74 Å². The minimum Gasteiger partial charge on any atom is -0.423 e. The Morgan fingerprint density at radius 2 is 1.64 bits per heavy atom. The van der Waals surface area contributed by atoms with Crippen LogP contribution in [0.25, 0.3) is 0 Å². The number of carbonyl (C=O) groups excluding carboxylic acids is 1. The first-order valence-corrected chi connectivity index (χ1v) is 9.65. The third-order valence-electron chi connectivity index (χ3n) is 4.55. The molecule has 28 heavy (non-hydrogen) atoms. The third kappa shape index (κ3) is 5.40. The van der Waals surface area contributed by atoms with Crippen molar-refractivity contribution in [2.45, 2.75) is 32.7 Å². The summed E-state index contributed by atoms with van der Waals surface area (Å²) in [5, 5.41) is 0. The van der Waals surface area contributed by atoms with Crippen LogP contribution in [0.3, 0.4) is 0 Å². The molecule has 0 heterocycles. The van der Waals surface area contributed by atoms with Crippen molar-refractivity contribution in [2.75, 3.05) is 0 Å². The van der Waals surface area contributed by atoms with Gasteiger partial charge in [-0.25, -0.2) is 4.79 Å². The number of rotatable bonds is 7. The van der Waals surface area contributed by atoms with Gasteiger partial charge in [0.1, 0.15) is 5.75 Å². The van der Waals surface area contributed by atoms with Gasteiger partial charge in [0.05, 0.1) is 11.6 Å². The zero-order valence-electron chi connectivity index (χ0n) is 16.3. The highest BCUT2D eigenvalue weighted by molar-refractivity contribution is 5.91. The van der Waals surface area contributed by atoms with E-state index in [-0.39, 0.29) is 12.0 Å². The van der Waals surface area contributed by atoms with E-state index in [1.54, 1.807) is 12.1 Å². The van der Waals surface area contributed by atoms with E-state index >= 15 is 0 Å². The zero-order valence-corrected chi connectivity index (χ0v) is 16.3. The maximum absolute atomic E-state index is 12.3. The van der Waals surface area contributed by atoms with Gasteiger partial charge in [0.2, 0.25) is 0 Å². The molecule has 3 heteroatoms. The number of carbonyl (C=O) groups is 1. The maximum atomic E-state index is 12.3. The summed E-state index contributed by atoms with van der Waals surface area (Å²) in [5.41, 5.74) is 3.93. The van der Waals surface area contributed by atoms with Crippen molar-refractivity contribution in [3.05, 3.63) is 101 Å². The number of aryl methyl sites for hydroxylation is 1. The summed E-state index contributed by atoms with van der Waals surface area (Å²) in [7, 11) is 0. The molecule has 3 nitrogen and oxygen atoms in total. The summed E-state index contributed by atoms with van der Waals surface area (Å²) < 4.78 is 5.47. The van der Waals surface area contributed by atoms with Gasteiger partial charge in [-0.3, -0.25) is 4.99 Å². The molecular weight excluding hydrogens is 346 g/mol. The van der Waals surface area contributed by atoms with Crippen LogP contribution in [-0.2, 0) is 6.42 Å². The molecule has 3 aromatic rings. The van der Waals surface area contributed by atoms with Crippen molar-refractivity contribution in [3.8, 4) is 5.75 Å². The smallest absolute Gasteiger partial charge is 0.343 e. The molecule has 142 valence electrons. The second-order valence-electron chi connectivity index (χ2n) is 6.77. The lowest BCUT2D eigenvalue weighted by molar-refractivity contribution is 0.0735. The Morgan fingerprint density at radius 3 is 2.29 bits per heavy atom. The molecule has 0 aliphatic carbocycles. The number of ether oxygens (including phenoxy) is 1. The number of hydrogen-bond donors (Lipinski definition) is 0. The molecule has 1 atom stereocenters. The maximum Gasteiger partial charge on any atom is 0.343 e. The molecule has 0 saturated carbocycles. The van der Waals surface area contributed by atoms with Gasteiger partial charge in [-0.1, -0.05) is 55.8 Å². The van der Waals surface area contributed by atoms with Crippen LogP contribution >= 0.6 is 0 Å². The Kier molecular flexibility index (Phi) is 6.74. The molecule has 0 amide bonds. The topological polar surface area (TPSA) is 38.7 Å². The van der Waals surface area contributed by atoms with Crippen LogP contribution < -0.4 is 4.74 Å². The molecular formula is C25H25NO2. The van der Waals surface area contributed by atoms with Crippen LogP contribution in [0.15, 0.2) is 83.9 Å². The molecule has 1 unspecified atom stereocenters. The van der Waals surface area contributed by atoms with Crippen molar-refractivity contribution in [3.63, 3.8) is 0 Å². The van der Waals surface area contributed by atoms with Crippen LogP contribution in [0.2, 0.25) is 0 Å². The second-order valence-corrected chi connectivity index (χ2v) is 6.77. The average Bonchev–Trinajstić information content (AvgIpc) is 2.74. The van der Waals surface area contributed by atoms with E-state index in [0.29, 0.717) is 11.3 Å². The molecule has 3 rings (SSSR count). The minimum atomic E-state index is -0.345. The van der Waals surface area contributed by atoms with Gasteiger partial charge in [-0.2, -0.15) is 0 Å². The Morgan fingerprint density at radius 1 is 0.964 bits per heavy atom. The first-order chi connectivity index (χ1) is 13.7. The van der Waals surface area contributed by atoms with Crippen molar-refractivity contribution >= 4 is 12.2 Å². The number of aliphatic imine (C=N–C) groups is 1. The van der Waals surface area contributed by atoms with Gasteiger partial charge in [-0.05, 0) is 66.4 Å². The molecule has 0 radical (unpaired) electrons. The number of hydrogen-bond acceptors (Lipinski definition) is 3. The van der Waals surface area contributed by atoms with Crippen LogP contribution in [0.4, 0.5) is 0 Å². The van der Waals surface area contributed by atoms with Gasteiger partial charge in [0.15, 0.2) is 0 Å². The number of esters is 1. The molecule has 0 aliphatic rings. The van der Waals surface area contributed by atoms with Crippen molar-refractivity contribution in [1.82, 2.24) is 0 Å². The van der Waals surface area contributed by atoms with E-state index in [4.69, 9.17) is 4.74 Å². The quantitative estimate of drug-likeness (QED) is 0.288. The van der Waals surface area contributed by atoms with Gasteiger partial charge >= 0.3 is 5.97 Å². The summed E-state index contributed by atoms with van der Waals surface area (Å²) in [5.74, 6) is 0.179. The fraction of sp³-hybridized carbons (Fsp3) is 0.200. The summed E-state index contributed by atoms with van der Waals surface area (Å²) >= 11 is 0. The van der Waals surface area contributed by atoms with Crippen LogP contribution in [0.5, 0.6) is 5.75 Å². The first kappa shape index (κ1) is 19.6. The highest BCUT2D eigenvalue weighted by Gasteiger charge is 2.08. The monoisotopic (exact) mass is 371 g/mol. The Balaban J connectivity index is 1.59. The molecule has 3 aromatic carbocycles. The van der Waals surface area contributed by atoms with Crippen LogP contribution in [0, 0.1) is 0 Å². The predicted molar refractivity (Wildman–Crippen MR) is 114 cm³/mol. The highest BCUT2D eigenvalue weighted by atomic mass is 16.5. The van der Waals surface area contributed by atoms with E-state index < -0.39 is 0 Å². The van der Waals surface area contributed by atoms with Gasteiger partial charge in [0.25, 0.3) is 0 Å². The highest BCUT2D eigenvalue weighted by Crippen LogP contribution is 2.17. The summed E-state index contributed by atoms with van der Waals surface area (Å²) in [6.45, 7) is 4.20. The zero-order chi connectivity index (χ0) is 19.8. The Bertz CT molecular complexity index is 913. The largest absolute Gasteiger partial charge is 0.423 e. The average molecular weight is 371 g/mol. The van der Waals surface area contributed by atoms with E-state index in [9.17, 15) is 4.79 Å². The molecule has 0 aliphatic heterocycles. The van der Waals surface area contributed by atoms with Gasteiger partial charge in [-0.15, -0.1) is 0 Å². The van der Waals surface area contributed by atoms with E-state index in [1.165, 1.54) is 11.1 Å². The normalized spacial score (nSPS) is 12.1. The number of benzene rings is 3. The second kappa shape index (κ2) is 9.65. The summed E-state index contributed by atoms with van der Waals surface area (Å²) in [6.07, 6.45) is 3.94. The first-order valence-electron chi connectivity index (χ1n) is 9.65. The minimum absolute atomic E-state index is 0.0920. The Labute approximate surface area is 166 Å². The van der Waals surface area contributed by atoms with Crippen LogP contribution in [0.1, 0.15) is 53.4 Å². The third-order valence-corrected chi connectivity index (χ3v) is 4.55. The summed E-state index contributed by atoms with van der Waals surface area (Å²) in [4.78, 5) is 16.9. The predicted octanol–water partition coefficient (Wildman–Crippen LogP) is 6.04. The van der Waals surface area contributed by atoms with E-state index in [1.807, 2.05) is 60.8 Å². The fourth-order valence-electron chi connectivity index (χ4n) is 2.90. The lowest BCUT2D eigenvalue weighted by Gasteiger charge is -2.07. The van der Waals surface area contributed by atoms with E-state index in [0.717, 1.165) is 18.4 Å². The lowest BCUT2D eigenvalue weighted by atomic mass is 10.1. The van der Waals surface area contributed by atoms with Crippen molar-refractivity contribution in [1.29, 1.82) is 0 Å². The molecule has 0 aromatic heterocycles. The SMILES string of the molecule is CCCc1ccc(C(=O)Oc2ccc(C=NC(C)c3ccccc3)cc2)cc1. The standard InChI is InChI=1S/C25H25NO2/c1-3-7-20-10-14-23(15-11-20)25(27)28-24-16-12-21(13-17-24)18-26-19(2)22-8-5-4-6-9-22/h4-6,8-19H,3,7H2,1-2H3. The molecule has 0 bridgehead atoms. The fourth-order valence-corrected chi connectivity index (χ4v) is 2.90. The van der Waals surface area contributed by atoms with Crippen molar-refractivity contribution < 1.29 is 9.53 Å². The summed E-state index contributed by atoms with van der Waals surface area (Å²) in [6, 6.07) is 25.2. The Hall–Kier alpha value is -3.20. The van der Waals surface area contributed by atoms with Crippen LogP contribution in [-0.4, -0.2) is 12.2 Å². The van der Waals surface area contributed by atoms with E-state index in [2.05, 4.69) is 31.0 Å². The van der Waals surface area contributed by atoms with Gasteiger partial charge in [0, 0.05) is 6.21 Å². The lowest BCUT2D eigenvalue weighted by Crippen LogP contribution is -2.08. The van der Waals surface area contributed by atoms with Crippen molar-refractivity contribution in [2.24, 2.45) is 4.99 Å². The molecule has 0 N–H and O–H groups in total. The molecule has 0 fully saturated rings.